The third kappa shape index (κ3) is 3.55. The molecule has 0 spiro atoms. The molecule has 0 bridgehead atoms. The van der Waals surface area contributed by atoms with Gasteiger partial charge in [-0.3, -0.25) is 0 Å². The zero-order valence-corrected chi connectivity index (χ0v) is 13.3. The molecule has 0 aliphatic carbocycles. The van der Waals surface area contributed by atoms with Crippen molar-refractivity contribution < 1.29 is 4.57 Å². The van der Waals surface area contributed by atoms with Crippen LogP contribution in [0.2, 0.25) is 10.0 Å². The summed E-state index contributed by atoms with van der Waals surface area (Å²) in [6.45, 7) is 2.61. The highest BCUT2D eigenvalue weighted by molar-refractivity contribution is 6.35. The number of nitrogens with zero attached hydrogens (tertiary/aromatic N) is 3. The summed E-state index contributed by atoms with van der Waals surface area (Å²) >= 11 is 12.3. The van der Waals surface area contributed by atoms with Gasteiger partial charge in [-0.05, 0) is 24.1 Å². The molecule has 2 aromatic rings. The van der Waals surface area contributed by atoms with Crippen molar-refractivity contribution in [2.45, 2.75) is 38.1 Å². The average Bonchev–Trinajstić information content (AvgIpc) is 2.96. The fourth-order valence-electron chi connectivity index (χ4n) is 2.45. The summed E-state index contributed by atoms with van der Waals surface area (Å²) in [7, 11) is 0. The molecule has 0 aliphatic heterocycles. The molecule has 2 rings (SSSR count). The van der Waals surface area contributed by atoms with Crippen LogP contribution in [-0.4, -0.2) is 10.2 Å². The first-order valence-electron chi connectivity index (χ1n) is 6.86. The van der Waals surface area contributed by atoms with Crippen molar-refractivity contribution >= 4 is 23.2 Å². The second-order valence-corrected chi connectivity index (χ2v) is 5.94. The number of unbranched alkanes of at least 4 members (excludes halogenated alkanes) is 1. The number of rotatable bonds is 6. The number of aromatic amines is 1. The van der Waals surface area contributed by atoms with Crippen molar-refractivity contribution in [1.29, 1.82) is 5.26 Å². The minimum atomic E-state index is -0.688. The van der Waals surface area contributed by atoms with Crippen LogP contribution in [0.1, 0.15) is 31.7 Å². The van der Waals surface area contributed by atoms with Crippen LogP contribution < -0.4 is 4.57 Å². The number of halogens is 2. The zero-order chi connectivity index (χ0) is 15.3. The molecule has 0 amide bonds. The molecule has 1 unspecified atom stereocenters. The summed E-state index contributed by atoms with van der Waals surface area (Å²) in [6, 6.07) is 7.80. The van der Waals surface area contributed by atoms with Gasteiger partial charge >= 0.3 is 0 Å². The number of nitrogens with one attached hydrogen (secondary N) is 1. The van der Waals surface area contributed by atoms with E-state index in [1.54, 1.807) is 24.8 Å². The van der Waals surface area contributed by atoms with Crippen LogP contribution >= 0.6 is 23.2 Å². The maximum atomic E-state index is 9.86. The zero-order valence-electron chi connectivity index (χ0n) is 11.8. The fourth-order valence-corrected chi connectivity index (χ4v) is 3.04. The van der Waals surface area contributed by atoms with E-state index in [4.69, 9.17) is 23.2 Å². The van der Waals surface area contributed by atoms with Crippen molar-refractivity contribution in [2.24, 2.45) is 0 Å². The summed E-state index contributed by atoms with van der Waals surface area (Å²) in [5, 5.41) is 17.6. The third-order valence-electron chi connectivity index (χ3n) is 3.57. The Kier molecular flexibility index (Phi) is 5.22. The smallest absolute Gasteiger partial charge is 0.235 e. The first kappa shape index (κ1) is 15.8. The highest BCUT2D eigenvalue weighted by atomic mass is 35.5. The molecule has 0 radical (unpaired) electrons. The molecule has 110 valence electrons. The molecule has 0 aliphatic rings. The number of H-pyrrole nitrogens is 1. The molecule has 0 saturated heterocycles. The summed E-state index contributed by atoms with van der Waals surface area (Å²) in [6.07, 6.45) is 6.11. The van der Waals surface area contributed by atoms with Gasteiger partial charge in [-0.1, -0.05) is 49.0 Å². The Hall–Kier alpha value is -1.57. The lowest BCUT2D eigenvalue weighted by atomic mass is 9.77. The lowest BCUT2D eigenvalue weighted by Gasteiger charge is -2.26. The summed E-state index contributed by atoms with van der Waals surface area (Å²) in [4.78, 5) is 0. The highest BCUT2D eigenvalue weighted by Crippen LogP contribution is 2.36. The average molecular weight is 324 g/mol. The Bertz CT molecular complexity index is 634. The molecule has 1 atom stereocenters. The fraction of sp³-hybridized carbons (Fsp3) is 0.400. The maximum absolute atomic E-state index is 9.86. The number of hydrogen-bond acceptors (Lipinski definition) is 2. The standard InChI is InChI=1S/C15H16Cl2N4/c1-2-3-6-15(8-18,9-21-10-19-20-11-21)13-5-4-12(16)7-14(13)17/h4-5,7,10-11H,2-3,6,9H2,1H3/p+1. The topological polar surface area (TPSA) is 56.4 Å². The van der Waals surface area contributed by atoms with Crippen molar-refractivity contribution in [3.05, 3.63) is 46.5 Å². The van der Waals surface area contributed by atoms with Gasteiger partial charge in [0, 0.05) is 15.1 Å². The normalized spacial score (nSPS) is 13.6. The van der Waals surface area contributed by atoms with Crippen LogP contribution in [-0.2, 0) is 12.0 Å². The van der Waals surface area contributed by atoms with Gasteiger partial charge in [0.05, 0.1) is 12.6 Å². The van der Waals surface area contributed by atoms with Crippen LogP contribution in [0.3, 0.4) is 0 Å². The predicted molar refractivity (Wildman–Crippen MR) is 82.1 cm³/mol. The van der Waals surface area contributed by atoms with E-state index in [9.17, 15) is 5.26 Å². The molecular formula is C15H17Cl2N4+. The first-order valence-corrected chi connectivity index (χ1v) is 7.61. The van der Waals surface area contributed by atoms with Crippen LogP contribution in [0.15, 0.2) is 30.9 Å². The van der Waals surface area contributed by atoms with Crippen LogP contribution in [0.5, 0.6) is 0 Å². The summed E-state index contributed by atoms with van der Waals surface area (Å²) < 4.78 is 1.86. The van der Waals surface area contributed by atoms with Gasteiger partial charge < -0.3 is 0 Å². The Labute approximate surface area is 134 Å². The summed E-state index contributed by atoms with van der Waals surface area (Å²) in [5.74, 6) is 0. The van der Waals surface area contributed by atoms with Crippen LogP contribution in [0.25, 0.3) is 0 Å². The Morgan fingerprint density at radius 3 is 2.81 bits per heavy atom. The maximum Gasteiger partial charge on any atom is 0.265 e. The van der Waals surface area contributed by atoms with Gasteiger partial charge in [0.25, 0.3) is 6.33 Å². The van der Waals surface area contributed by atoms with E-state index in [1.807, 2.05) is 10.6 Å². The first-order chi connectivity index (χ1) is 10.1. The second-order valence-electron chi connectivity index (χ2n) is 5.10. The number of aromatic nitrogens is 3. The predicted octanol–water partition coefficient (Wildman–Crippen LogP) is 3.66. The second kappa shape index (κ2) is 6.93. The van der Waals surface area contributed by atoms with E-state index in [2.05, 4.69) is 23.2 Å². The van der Waals surface area contributed by atoms with Gasteiger partial charge in [0.15, 0.2) is 0 Å². The quantitative estimate of drug-likeness (QED) is 0.825. The molecule has 4 nitrogen and oxygen atoms in total. The van der Waals surface area contributed by atoms with E-state index in [0.717, 1.165) is 24.8 Å². The van der Waals surface area contributed by atoms with Gasteiger partial charge in [0.2, 0.25) is 6.33 Å². The van der Waals surface area contributed by atoms with Crippen molar-refractivity contribution in [3.63, 3.8) is 0 Å². The molecule has 0 saturated carbocycles. The van der Waals surface area contributed by atoms with Crippen LogP contribution in [0, 0.1) is 11.3 Å². The van der Waals surface area contributed by atoms with Crippen molar-refractivity contribution in [3.8, 4) is 6.07 Å². The van der Waals surface area contributed by atoms with E-state index >= 15 is 0 Å². The van der Waals surface area contributed by atoms with Gasteiger partial charge in [-0.25, -0.2) is 4.57 Å². The molecule has 1 aromatic carbocycles. The third-order valence-corrected chi connectivity index (χ3v) is 4.12. The molecular weight excluding hydrogens is 307 g/mol. The van der Waals surface area contributed by atoms with E-state index < -0.39 is 5.41 Å². The van der Waals surface area contributed by atoms with E-state index in [-0.39, 0.29) is 0 Å². The largest absolute Gasteiger partial charge is 0.265 e. The Morgan fingerprint density at radius 2 is 2.24 bits per heavy atom. The van der Waals surface area contributed by atoms with Gasteiger partial charge in [-0.2, -0.15) is 5.26 Å². The lowest BCUT2D eigenvalue weighted by Crippen LogP contribution is -2.44. The Morgan fingerprint density at radius 1 is 1.43 bits per heavy atom. The molecule has 1 aromatic heterocycles. The minimum Gasteiger partial charge on any atom is -0.235 e. The van der Waals surface area contributed by atoms with Gasteiger partial charge in [0.1, 0.15) is 5.41 Å². The summed E-state index contributed by atoms with van der Waals surface area (Å²) in [5.41, 5.74) is 0.130. The minimum absolute atomic E-state index is 0.501. The number of benzene rings is 1. The SMILES string of the molecule is CCCCC(C#N)(C[n+]1cn[nH]c1)c1ccc(Cl)cc1Cl. The molecule has 21 heavy (non-hydrogen) atoms. The molecule has 0 fully saturated rings. The van der Waals surface area contributed by atoms with Crippen molar-refractivity contribution in [1.82, 2.24) is 10.2 Å². The highest BCUT2D eigenvalue weighted by Gasteiger charge is 2.36. The van der Waals surface area contributed by atoms with Crippen molar-refractivity contribution in [2.75, 3.05) is 0 Å². The molecule has 6 heteroatoms. The van der Waals surface area contributed by atoms with E-state index in [1.165, 1.54) is 0 Å². The molecule has 1 heterocycles. The number of hydrogen-bond donors (Lipinski definition) is 1. The molecule has 1 N–H and O–H groups in total. The number of nitriles is 1. The monoisotopic (exact) mass is 323 g/mol. The van der Waals surface area contributed by atoms with E-state index in [0.29, 0.717) is 16.6 Å². The van der Waals surface area contributed by atoms with Crippen LogP contribution in [0.4, 0.5) is 0 Å². The Balaban J connectivity index is 2.45. The lowest BCUT2D eigenvalue weighted by molar-refractivity contribution is -0.703. The van der Waals surface area contributed by atoms with Gasteiger partial charge in [-0.15, -0.1) is 5.10 Å².